The van der Waals surface area contributed by atoms with Crippen LogP contribution in [0.2, 0.25) is 0 Å². The fourth-order valence-corrected chi connectivity index (χ4v) is 2.40. The van der Waals surface area contributed by atoms with E-state index in [4.69, 9.17) is 4.74 Å². The van der Waals surface area contributed by atoms with Crippen molar-refractivity contribution in [3.8, 4) is 5.88 Å². The van der Waals surface area contributed by atoms with E-state index in [1.54, 1.807) is 36.5 Å². The van der Waals surface area contributed by atoms with E-state index in [2.05, 4.69) is 20.6 Å². The molecular formula is C18H19N5O3. The summed E-state index contributed by atoms with van der Waals surface area (Å²) in [5.74, 6) is 0.152. The Morgan fingerprint density at radius 3 is 2.92 bits per heavy atom. The molecular weight excluding hydrogens is 334 g/mol. The molecule has 1 aromatic carbocycles. The highest BCUT2D eigenvalue weighted by atomic mass is 16.5. The van der Waals surface area contributed by atoms with Crippen molar-refractivity contribution >= 4 is 16.8 Å². The van der Waals surface area contributed by atoms with Gasteiger partial charge in [0, 0.05) is 18.3 Å². The Morgan fingerprint density at radius 2 is 2.08 bits per heavy atom. The number of carbonyl (C=O) groups is 1. The summed E-state index contributed by atoms with van der Waals surface area (Å²) in [5, 5.41) is 11.0. The molecule has 8 heteroatoms. The van der Waals surface area contributed by atoms with Crippen LogP contribution in [0.15, 0.2) is 47.4 Å². The number of hydrogen-bond donors (Lipinski definition) is 1. The molecule has 0 radical (unpaired) electrons. The highest BCUT2D eigenvalue weighted by Crippen LogP contribution is 2.14. The van der Waals surface area contributed by atoms with Gasteiger partial charge in [-0.3, -0.25) is 9.59 Å². The molecule has 0 aliphatic heterocycles. The van der Waals surface area contributed by atoms with Crippen molar-refractivity contribution in [2.75, 3.05) is 6.61 Å². The van der Waals surface area contributed by atoms with Crippen LogP contribution in [0.25, 0.3) is 10.9 Å². The molecule has 8 nitrogen and oxygen atoms in total. The molecule has 0 aliphatic carbocycles. The number of fused-ring (bicyclic) bond motifs is 1. The summed E-state index contributed by atoms with van der Waals surface area (Å²) in [5.41, 5.74) is 0.924. The SMILES string of the molecule is CCCOc1ncccc1CNC(=O)Cn1nnc2ccccc2c1=O. The maximum Gasteiger partial charge on any atom is 0.278 e. The second-order valence-corrected chi connectivity index (χ2v) is 5.66. The summed E-state index contributed by atoms with van der Waals surface area (Å²) in [7, 11) is 0. The Morgan fingerprint density at radius 1 is 1.23 bits per heavy atom. The lowest BCUT2D eigenvalue weighted by atomic mass is 10.2. The third kappa shape index (κ3) is 4.02. The number of pyridine rings is 1. The Kier molecular flexibility index (Phi) is 5.52. The van der Waals surface area contributed by atoms with E-state index < -0.39 is 0 Å². The molecule has 0 spiro atoms. The topological polar surface area (TPSA) is 99.0 Å². The highest BCUT2D eigenvalue weighted by molar-refractivity contribution is 5.78. The van der Waals surface area contributed by atoms with Gasteiger partial charge in [0.1, 0.15) is 12.1 Å². The van der Waals surface area contributed by atoms with Crippen LogP contribution in [-0.2, 0) is 17.9 Å². The number of carbonyl (C=O) groups excluding carboxylic acids is 1. The van der Waals surface area contributed by atoms with E-state index in [0.717, 1.165) is 16.7 Å². The molecule has 2 heterocycles. The van der Waals surface area contributed by atoms with Crippen molar-refractivity contribution in [3.63, 3.8) is 0 Å². The lowest BCUT2D eigenvalue weighted by Crippen LogP contribution is -2.34. The van der Waals surface area contributed by atoms with Gasteiger partial charge >= 0.3 is 0 Å². The maximum atomic E-state index is 12.4. The molecule has 1 amide bonds. The monoisotopic (exact) mass is 353 g/mol. The van der Waals surface area contributed by atoms with Gasteiger partial charge in [0.15, 0.2) is 0 Å². The average Bonchev–Trinajstić information content (AvgIpc) is 2.68. The third-order valence-electron chi connectivity index (χ3n) is 3.69. The van der Waals surface area contributed by atoms with E-state index in [1.165, 1.54) is 0 Å². The maximum absolute atomic E-state index is 12.4. The molecule has 0 saturated heterocycles. The van der Waals surface area contributed by atoms with Crippen LogP contribution in [0.3, 0.4) is 0 Å². The van der Waals surface area contributed by atoms with E-state index in [1.807, 2.05) is 13.0 Å². The largest absolute Gasteiger partial charge is 0.477 e. The molecule has 0 fully saturated rings. The molecule has 0 aliphatic rings. The second kappa shape index (κ2) is 8.19. The first-order valence-corrected chi connectivity index (χ1v) is 8.35. The molecule has 1 N–H and O–H groups in total. The van der Waals surface area contributed by atoms with Gasteiger partial charge in [-0.2, -0.15) is 0 Å². The Labute approximate surface area is 149 Å². The van der Waals surface area contributed by atoms with Gasteiger partial charge < -0.3 is 10.1 Å². The average molecular weight is 353 g/mol. The van der Waals surface area contributed by atoms with Crippen LogP contribution in [0.4, 0.5) is 0 Å². The second-order valence-electron chi connectivity index (χ2n) is 5.66. The first kappa shape index (κ1) is 17.5. The molecule has 26 heavy (non-hydrogen) atoms. The van der Waals surface area contributed by atoms with E-state index in [-0.39, 0.29) is 24.6 Å². The van der Waals surface area contributed by atoms with Gasteiger partial charge in [0.2, 0.25) is 11.8 Å². The smallest absolute Gasteiger partial charge is 0.278 e. The molecule has 0 bridgehead atoms. The molecule has 0 unspecified atom stereocenters. The predicted octanol–water partition coefficient (Wildman–Crippen LogP) is 1.29. The van der Waals surface area contributed by atoms with Crippen LogP contribution in [0, 0.1) is 0 Å². The summed E-state index contributed by atoms with van der Waals surface area (Å²) in [4.78, 5) is 28.7. The zero-order chi connectivity index (χ0) is 18.4. The van der Waals surface area contributed by atoms with Crippen molar-refractivity contribution in [2.45, 2.75) is 26.4 Å². The van der Waals surface area contributed by atoms with Crippen molar-refractivity contribution in [2.24, 2.45) is 0 Å². The minimum atomic E-state index is -0.348. The molecule has 0 saturated carbocycles. The third-order valence-corrected chi connectivity index (χ3v) is 3.69. The number of aromatic nitrogens is 4. The first-order valence-electron chi connectivity index (χ1n) is 8.35. The zero-order valence-electron chi connectivity index (χ0n) is 14.4. The van der Waals surface area contributed by atoms with Crippen molar-refractivity contribution in [1.29, 1.82) is 0 Å². The molecule has 134 valence electrons. The fourth-order valence-electron chi connectivity index (χ4n) is 2.40. The molecule has 3 aromatic rings. The first-order chi connectivity index (χ1) is 12.7. The minimum absolute atomic E-state index is 0.206. The lowest BCUT2D eigenvalue weighted by molar-refractivity contribution is -0.122. The zero-order valence-corrected chi connectivity index (χ0v) is 14.4. The summed E-state index contributed by atoms with van der Waals surface area (Å²) in [6.07, 6.45) is 2.51. The number of nitrogens with one attached hydrogen (secondary N) is 1. The fraction of sp³-hybridized carbons (Fsp3) is 0.278. The van der Waals surface area contributed by atoms with Crippen LogP contribution in [0.1, 0.15) is 18.9 Å². The number of hydrogen-bond acceptors (Lipinski definition) is 6. The number of rotatable bonds is 7. The number of nitrogens with zero attached hydrogens (tertiary/aromatic N) is 4. The Bertz CT molecular complexity index is 970. The Balaban J connectivity index is 1.67. The van der Waals surface area contributed by atoms with Gasteiger partial charge in [-0.15, -0.1) is 5.10 Å². The molecule has 0 atom stereocenters. The van der Waals surface area contributed by atoms with Gasteiger partial charge in [-0.1, -0.05) is 30.3 Å². The molecule has 3 rings (SSSR count). The molecule has 2 aromatic heterocycles. The van der Waals surface area contributed by atoms with Crippen LogP contribution in [0.5, 0.6) is 5.88 Å². The quantitative estimate of drug-likeness (QED) is 0.687. The van der Waals surface area contributed by atoms with Gasteiger partial charge in [-0.05, 0) is 24.6 Å². The van der Waals surface area contributed by atoms with Gasteiger partial charge in [0.25, 0.3) is 5.56 Å². The van der Waals surface area contributed by atoms with Crippen molar-refractivity contribution in [3.05, 3.63) is 58.5 Å². The van der Waals surface area contributed by atoms with E-state index in [9.17, 15) is 9.59 Å². The summed E-state index contributed by atoms with van der Waals surface area (Å²) >= 11 is 0. The van der Waals surface area contributed by atoms with E-state index >= 15 is 0 Å². The standard InChI is InChI=1S/C18H19N5O3/c1-2-10-26-17-13(6-5-9-19-17)11-20-16(24)12-23-18(25)14-7-3-4-8-15(14)21-22-23/h3-9H,2,10-12H2,1H3,(H,20,24). The van der Waals surface area contributed by atoms with E-state index in [0.29, 0.717) is 23.4 Å². The predicted molar refractivity (Wildman–Crippen MR) is 95.7 cm³/mol. The van der Waals surface area contributed by atoms with Crippen molar-refractivity contribution < 1.29 is 9.53 Å². The van der Waals surface area contributed by atoms with Gasteiger partial charge in [-0.25, -0.2) is 9.67 Å². The minimum Gasteiger partial charge on any atom is -0.477 e. The van der Waals surface area contributed by atoms with Gasteiger partial charge in [0.05, 0.1) is 12.0 Å². The summed E-state index contributed by atoms with van der Waals surface area (Å²) in [6, 6.07) is 10.5. The highest BCUT2D eigenvalue weighted by Gasteiger charge is 2.11. The van der Waals surface area contributed by atoms with Crippen LogP contribution in [-0.4, -0.2) is 32.5 Å². The summed E-state index contributed by atoms with van der Waals surface area (Å²) in [6.45, 7) is 2.61. The number of amides is 1. The lowest BCUT2D eigenvalue weighted by Gasteiger charge is -2.10. The van der Waals surface area contributed by atoms with Crippen LogP contribution >= 0.6 is 0 Å². The Hall–Kier alpha value is -3.29. The van der Waals surface area contributed by atoms with Crippen molar-refractivity contribution in [1.82, 2.24) is 25.3 Å². The number of benzene rings is 1. The van der Waals surface area contributed by atoms with Crippen LogP contribution < -0.4 is 15.6 Å². The normalized spacial score (nSPS) is 10.7. The number of ether oxygens (including phenoxy) is 1. The summed E-state index contributed by atoms with van der Waals surface area (Å²) < 4.78 is 6.62.